The molecule has 170 valence electrons. The highest BCUT2D eigenvalue weighted by atomic mass is 16.2. The second-order valence-corrected chi connectivity index (χ2v) is 8.54. The van der Waals surface area contributed by atoms with E-state index in [0.717, 1.165) is 38.2 Å². The normalized spacial score (nSPS) is 14.3. The quantitative estimate of drug-likeness (QED) is 0.615. The molecule has 0 radical (unpaired) electrons. The largest absolute Gasteiger partial charge is 0.364 e. The maximum absolute atomic E-state index is 11.9. The number of likely N-dealkylation sites (tertiary alicyclic amines) is 1. The van der Waals surface area contributed by atoms with Crippen molar-refractivity contribution in [3.8, 4) is 0 Å². The van der Waals surface area contributed by atoms with Gasteiger partial charge in [-0.3, -0.25) is 9.59 Å². The Morgan fingerprint density at radius 1 is 1.28 bits per heavy atom. The van der Waals surface area contributed by atoms with E-state index in [4.69, 9.17) is 5.73 Å². The van der Waals surface area contributed by atoms with Gasteiger partial charge in [-0.15, -0.1) is 0 Å². The second kappa shape index (κ2) is 10.3. The zero-order chi connectivity index (χ0) is 23.3. The van der Waals surface area contributed by atoms with Crippen molar-refractivity contribution >= 4 is 29.1 Å². The third kappa shape index (κ3) is 5.63. The van der Waals surface area contributed by atoms with E-state index >= 15 is 0 Å². The molecule has 1 fully saturated rings. The van der Waals surface area contributed by atoms with Gasteiger partial charge in [0.25, 0.3) is 5.91 Å². The molecule has 0 bridgehead atoms. The molecule has 3 rings (SSSR count). The van der Waals surface area contributed by atoms with E-state index in [0.29, 0.717) is 23.5 Å². The minimum absolute atomic E-state index is 0.0122. The predicted molar refractivity (Wildman–Crippen MR) is 127 cm³/mol. The van der Waals surface area contributed by atoms with Crippen LogP contribution in [-0.4, -0.2) is 53.4 Å². The summed E-state index contributed by atoms with van der Waals surface area (Å²) in [4.78, 5) is 36.4. The Balaban J connectivity index is 1.71. The average molecular weight is 437 g/mol. The number of piperidine rings is 1. The molecule has 1 aromatic carbocycles. The summed E-state index contributed by atoms with van der Waals surface area (Å²) in [5.74, 6) is 1.22. The Bertz CT molecular complexity index is 965. The molecule has 0 spiro atoms. The van der Waals surface area contributed by atoms with Gasteiger partial charge in [-0.2, -0.15) is 0 Å². The van der Waals surface area contributed by atoms with Crippen LogP contribution in [0.15, 0.2) is 43.1 Å². The molecule has 0 unspecified atom stereocenters. The number of anilines is 3. The number of nitrogens with zero attached hydrogens (tertiary/aromatic N) is 4. The lowest BCUT2D eigenvalue weighted by molar-refractivity contribution is -0.127. The SMILES string of the molecule is C=CC(=O)N1CCC(CN(C)c2cnc(C(N)=O)c(Nc3ccc(C(C)C)cc3)n2)CC1. The fourth-order valence-corrected chi connectivity index (χ4v) is 3.87. The summed E-state index contributed by atoms with van der Waals surface area (Å²) in [6, 6.07) is 8.00. The van der Waals surface area contributed by atoms with Crippen LogP contribution in [0.25, 0.3) is 0 Å². The summed E-state index contributed by atoms with van der Waals surface area (Å²) < 4.78 is 0. The number of nitrogens with one attached hydrogen (secondary N) is 1. The summed E-state index contributed by atoms with van der Waals surface area (Å²) in [5.41, 5.74) is 7.66. The first kappa shape index (κ1) is 23.2. The third-order valence-corrected chi connectivity index (χ3v) is 5.86. The number of amides is 2. The molecule has 8 nitrogen and oxygen atoms in total. The minimum Gasteiger partial charge on any atom is -0.364 e. The number of nitrogens with two attached hydrogens (primary N) is 1. The molecule has 2 amide bonds. The minimum atomic E-state index is -0.632. The molecule has 2 aromatic rings. The summed E-state index contributed by atoms with van der Waals surface area (Å²) in [6.45, 7) is 10.1. The van der Waals surface area contributed by atoms with Gasteiger partial charge in [0, 0.05) is 32.4 Å². The number of aromatic nitrogens is 2. The predicted octanol–water partition coefficient (Wildman–Crippen LogP) is 3.30. The van der Waals surface area contributed by atoms with Crippen molar-refractivity contribution in [3.05, 3.63) is 54.4 Å². The molecule has 2 heterocycles. The summed E-state index contributed by atoms with van der Waals surface area (Å²) in [5, 5.41) is 3.19. The number of hydrogen-bond donors (Lipinski definition) is 2. The molecule has 8 heteroatoms. The topological polar surface area (TPSA) is 104 Å². The summed E-state index contributed by atoms with van der Waals surface area (Å²) in [6.07, 6.45) is 4.78. The number of benzene rings is 1. The van der Waals surface area contributed by atoms with Crippen LogP contribution in [0.5, 0.6) is 0 Å². The van der Waals surface area contributed by atoms with Gasteiger partial charge >= 0.3 is 0 Å². The Morgan fingerprint density at radius 3 is 2.50 bits per heavy atom. The van der Waals surface area contributed by atoms with Crippen molar-refractivity contribution in [2.24, 2.45) is 11.7 Å². The number of primary amides is 1. The molecule has 1 aliphatic heterocycles. The lowest BCUT2D eigenvalue weighted by atomic mass is 9.96. The van der Waals surface area contributed by atoms with Crippen LogP contribution >= 0.6 is 0 Å². The maximum Gasteiger partial charge on any atom is 0.271 e. The zero-order valence-electron chi connectivity index (χ0n) is 19.0. The second-order valence-electron chi connectivity index (χ2n) is 8.54. The fourth-order valence-electron chi connectivity index (χ4n) is 3.87. The Labute approximate surface area is 189 Å². The lowest BCUT2D eigenvalue weighted by Gasteiger charge is -2.33. The van der Waals surface area contributed by atoms with Crippen LogP contribution in [0.3, 0.4) is 0 Å². The van der Waals surface area contributed by atoms with Gasteiger partial charge in [0.05, 0.1) is 6.20 Å². The third-order valence-electron chi connectivity index (χ3n) is 5.86. The van der Waals surface area contributed by atoms with E-state index in [1.807, 2.05) is 41.1 Å². The fraction of sp³-hybridized carbons (Fsp3) is 0.417. The molecule has 32 heavy (non-hydrogen) atoms. The first-order chi connectivity index (χ1) is 15.3. The van der Waals surface area contributed by atoms with Gasteiger partial charge < -0.3 is 20.9 Å². The van der Waals surface area contributed by atoms with Gasteiger partial charge in [0.2, 0.25) is 5.91 Å². The van der Waals surface area contributed by atoms with Crippen molar-refractivity contribution in [1.29, 1.82) is 0 Å². The lowest BCUT2D eigenvalue weighted by Crippen LogP contribution is -2.40. The van der Waals surface area contributed by atoms with E-state index in [-0.39, 0.29) is 11.6 Å². The first-order valence-electron chi connectivity index (χ1n) is 10.9. The van der Waals surface area contributed by atoms with Crippen molar-refractivity contribution in [3.63, 3.8) is 0 Å². The van der Waals surface area contributed by atoms with Crippen molar-refractivity contribution < 1.29 is 9.59 Å². The zero-order valence-corrected chi connectivity index (χ0v) is 19.0. The van der Waals surface area contributed by atoms with E-state index < -0.39 is 5.91 Å². The number of carbonyl (C=O) groups excluding carboxylic acids is 2. The highest BCUT2D eigenvalue weighted by Gasteiger charge is 2.23. The highest BCUT2D eigenvalue weighted by molar-refractivity contribution is 5.96. The van der Waals surface area contributed by atoms with Crippen molar-refractivity contribution in [1.82, 2.24) is 14.9 Å². The number of rotatable bonds is 8. The molecule has 1 saturated heterocycles. The van der Waals surface area contributed by atoms with Crippen LogP contribution in [0.1, 0.15) is 48.7 Å². The maximum atomic E-state index is 11.9. The Kier molecular flexibility index (Phi) is 7.45. The summed E-state index contributed by atoms with van der Waals surface area (Å²) in [7, 11) is 1.95. The molecule has 3 N–H and O–H groups in total. The van der Waals surface area contributed by atoms with Crippen molar-refractivity contribution in [2.75, 3.05) is 36.9 Å². The van der Waals surface area contributed by atoms with Gasteiger partial charge in [-0.05, 0) is 48.4 Å². The standard InChI is InChI=1S/C24H32N6O2/c1-5-21(31)30-12-10-17(11-13-30)15-29(4)20-14-26-22(23(25)32)24(28-20)27-19-8-6-18(7-9-19)16(2)3/h5-9,14,16-17H,1,10-13,15H2,2-4H3,(H2,25,32)(H,27,28). The molecule has 0 saturated carbocycles. The van der Waals surface area contributed by atoms with Crippen molar-refractivity contribution in [2.45, 2.75) is 32.6 Å². The monoisotopic (exact) mass is 436 g/mol. The molecule has 0 atom stereocenters. The molecular formula is C24H32N6O2. The number of hydrogen-bond acceptors (Lipinski definition) is 6. The van der Waals surface area contributed by atoms with Gasteiger partial charge in [-0.1, -0.05) is 32.6 Å². The van der Waals surface area contributed by atoms with E-state index in [9.17, 15) is 9.59 Å². The van der Waals surface area contributed by atoms with E-state index in [2.05, 4.69) is 35.7 Å². The van der Waals surface area contributed by atoms with Crippen LogP contribution in [-0.2, 0) is 4.79 Å². The smallest absolute Gasteiger partial charge is 0.271 e. The van der Waals surface area contributed by atoms with Gasteiger partial charge in [-0.25, -0.2) is 9.97 Å². The van der Waals surface area contributed by atoms with Crippen LogP contribution < -0.4 is 16.0 Å². The Hall–Kier alpha value is -3.42. The summed E-state index contributed by atoms with van der Waals surface area (Å²) >= 11 is 0. The van der Waals surface area contributed by atoms with Crippen LogP contribution in [0, 0.1) is 5.92 Å². The van der Waals surface area contributed by atoms with Gasteiger partial charge in [0.1, 0.15) is 5.82 Å². The van der Waals surface area contributed by atoms with E-state index in [1.54, 1.807) is 6.20 Å². The van der Waals surface area contributed by atoms with Gasteiger partial charge in [0.15, 0.2) is 11.5 Å². The van der Waals surface area contributed by atoms with Crippen LogP contribution in [0.4, 0.5) is 17.3 Å². The van der Waals surface area contributed by atoms with Crippen LogP contribution in [0.2, 0.25) is 0 Å². The van der Waals surface area contributed by atoms with E-state index in [1.165, 1.54) is 11.6 Å². The number of carbonyl (C=O) groups is 2. The average Bonchev–Trinajstić information content (AvgIpc) is 2.79. The molecule has 1 aliphatic rings. The highest BCUT2D eigenvalue weighted by Crippen LogP contribution is 2.24. The molecule has 0 aliphatic carbocycles. The Morgan fingerprint density at radius 2 is 1.94 bits per heavy atom. The first-order valence-corrected chi connectivity index (χ1v) is 10.9. The molecule has 1 aromatic heterocycles. The molecular weight excluding hydrogens is 404 g/mol.